The van der Waals surface area contributed by atoms with Crippen LogP contribution in [0.25, 0.3) is 0 Å². The summed E-state index contributed by atoms with van der Waals surface area (Å²) in [4.78, 5) is 11.6. The van der Waals surface area contributed by atoms with Gasteiger partial charge in [-0.3, -0.25) is 5.32 Å². The quantitative estimate of drug-likeness (QED) is 0.900. The van der Waals surface area contributed by atoms with Gasteiger partial charge in [0.2, 0.25) is 0 Å². The lowest BCUT2D eigenvalue weighted by Gasteiger charge is -2.22. The molecule has 0 spiro atoms. The molecule has 7 heteroatoms. The van der Waals surface area contributed by atoms with E-state index in [9.17, 15) is 18.0 Å². The van der Waals surface area contributed by atoms with Crippen LogP contribution in [-0.4, -0.2) is 25.3 Å². The van der Waals surface area contributed by atoms with E-state index in [-0.39, 0.29) is 18.3 Å². The molecule has 4 nitrogen and oxygen atoms in total. The lowest BCUT2D eigenvalue weighted by molar-refractivity contribution is -0.137. The highest BCUT2D eigenvalue weighted by Crippen LogP contribution is 2.30. The Labute approximate surface area is 120 Å². The summed E-state index contributed by atoms with van der Waals surface area (Å²) in [5.74, 6) is 0. The predicted molar refractivity (Wildman–Crippen MR) is 72.1 cm³/mol. The zero-order valence-corrected chi connectivity index (χ0v) is 11.4. The first-order chi connectivity index (χ1) is 9.95. The van der Waals surface area contributed by atoms with Gasteiger partial charge < -0.3 is 10.1 Å². The summed E-state index contributed by atoms with van der Waals surface area (Å²) in [5.41, 5.74) is -0.749. The third-order valence-corrected chi connectivity index (χ3v) is 3.26. The molecule has 116 valence electrons. The average molecular weight is 302 g/mol. The highest BCUT2D eigenvalue weighted by atomic mass is 19.4. The maximum absolute atomic E-state index is 12.5. The summed E-state index contributed by atoms with van der Waals surface area (Å²) in [6, 6.07) is 4.56. The van der Waals surface area contributed by atoms with Gasteiger partial charge in [0.1, 0.15) is 6.61 Å². The molecule has 1 heterocycles. The number of halogens is 3. The zero-order chi connectivity index (χ0) is 15.3. The van der Waals surface area contributed by atoms with E-state index in [0.29, 0.717) is 0 Å². The molecule has 2 N–H and O–H groups in total. The van der Waals surface area contributed by atoms with Gasteiger partial charge in [0.25, 0.3) is 0 Å². The van der Waals surface area contributed by atoms with Crippen molar-refractivity contribution in [3.63, 3.8) is 0 Å². The van der Waals surface area contributed by atoms with Crippen LogP contribution in [0.4, 0.5) is 23.7 Å². The van der Waals surface area contributed by atoms with E-state index < -0.39 is 17.8 Å². The third kappa shape index (κ3) is 4.93. The summed E-state index contributed by atoms with van der Waals surface area (Å²) in [6.45, 7) is 1.11. The lowest BCUT2D eigenvalue weighted by atomic mass is 10.1. The molecule has 1 fully saturated rings. The molecule has 0 bridgehead atoms. The maximum Gasteiger partial charge on any atom is 0.416 e. The molecule has 1 aliphatic heterocycles. The number of carbonyl (C=O) groups excluding carboxylic acids is 1. The van der Waals surface area contributed by atoms with Crippen LogP contribution < -0.4 is 10.6 Å². The molecule has 0 saturated carbocycles. The van der Waals surface area contributed by atoms with Crippen molar-refractivity contribution in [2.75, 3.05) is 18.5 Å². The Hall–Kier alpha value is -1.76. The molecule has 1 aromatic carbocycles. The van der Waals surface area contributed by atoms with E-state index in [1.807, 2.05) is 0 Å². The molecule has 1 unspecified atom stereocenters. The van der Waals surface area contributed by atoms with Crippen LogP contribution in [0.15, 0.2) is 24.3 Å². The Balaban J connectivity index is 1.84. The molecule has 1 saturated heterocycles. The van der Waals surface area contributed by atoms with Crippen LogP contribution in [0.5, 0.6) is 0 Å². The van der Waals surface area contributed by atoms with Gasteiger partial charge in [-0.05, 0) is 37.6 Å². The van der Waals surface area contributed by atoms with E-state index in [4.69, 9.17) is 4.74 Å². The van der Waals surface area contributed by atoms with Crippen molar-refractivity contribution in [3.05, 3.63) is 29.8 Å². The van der Waals surface area contributed by atoms with Gasteiger partial charge in [0, 0.05) is 11.7 Å². The van der Waals surface area contributed by atoms with Gasteiger partial charge in [-0.15, -0.1) is 0 Å². The summed E-state index contributed by atoms with van der Waals surface area (Å²) >= 11 is 0. The standard InChI is InChI=1S/C14H17F3N2O2/c15-14(16,17)10-4-3-6-11(8-10)19-13(20)21-9-12-5-1-2-7-18-12/h3-4,6,8,12,18H,1-2,5,7,9H2,(H,19,20). The SMILES string of the molecule is O=C(Nc1cccc(C(F)(F)F)c1)OCC1CCCCN1. The first kappa shape index (κ1) is 15.6. The van der Waals surface area contributed by atoms with Gasteiger partial charge in [-0.1, -0.05) is 12.5 Å². The monoisotopic (exact) mass is 302 g/mol. The van der Waals surface area contributed by atoms with Crippen molar-refractivity contribution in [1.29, 1.82) is 0 Å². The van der Waals surface area contributed by atoms with Gasteiger partial charge in [0.05, 0.1) is 5.56 Å². The second kappa shape index (κ2) is 6.80. The van der Waals surface area contributed by atoms with E-state index in [1.54, 1.807) is 0 Å². The first-order valence-corrected chi connectivity index (χ1v) is 6.79. The highest BCUT2D eigenvalue weighted by molar-refractivity contribution is 5.84. The molecule has 21 heavy (non-hydrogen) atoms. The molecular weight excluding hydrogens is 285 g/mol. The minimum atomic E-state index is -4.44. The van der Waals surface area contributed by atoms with Gasteiger partial charge in [0.15, 0.2) is 0 Å². The number of rotatable bonds is 3. The molecule has 0 radical (unpaired) electrons. The summed E-state index contributed by atoms with van der Waals surface area (Å²) in [7, 11) is 0. The topological polar surface area (TPSA) is 50.4 Å². The largest absolute Gasteiger partial charge is 0.448 e. The number of amides is 1. The van der Waals surface area contributed by atoms with Crippen molar-refractivity contribution >= 4 is 11.8 Å². The highest BCUT2D eigenvalue weighted by Gasteiger charge is 2.30. The third-order valence-electron chi connectivity index (χ3n) is 3.26. The van der Waals surface area contributed by atoms with Crippen molar-refractivity contribution in [2.45, 2.75) is 31.5 Å². The van der Waals surface area contributed by atoms with E-state index in [1.165, 1.54) is 12.1 Å². The van der Waals surface area contributed by atoms with Gasteiger partial charge in [-0.2, -0.15) is 13.2 Å². The normalized spacial score (nSPS) is 19.1. The molecule has 2 rings (SSSR count). The first-order valence-electron chi connectivity index (χ1n) is 6.79. The Morgan fingerprint density at radius 1 is 1.38 bits per heavy atom. The van der Waals surface area contributed by atoms with E-state index in [0.717, 1.165) is 37.9 Å². The summed E-state index contributed by atoms with van der Waals surface area (Å²) in [5, 5.41) is 5.52. The predicted octanol–water partition coefficient (Wildman–Crippen LogP) is 3.40. The van der Waals surface area contributed by atoms with E-state index >= 15 is 0 Å². The molecule has 0 aromatic heterocycles. The van der Waals surface area contributed by atoms with Crippen molar-refractivity contribution < 1.29 is 22.7 Å². The number of anilines is 1. The minimum Gasteiger partial charge on any atom is -0.448 e. The lowest BCUT2D eigenvalue weighted by Crippen LogP contribution is -2.38. The zero-order valence-electron chi connectivity index (χ0n) is 11.4. The molecule has 0 aliphatic carbocycles. The number of carbonyl (C=O) groups is 1. The fourth-order valence-corrected chi connectivity index (χ4v) is 2.17. The minimum absolute atomic E-state index is 0.0615. The van der Waals surface area contributed by atoms with Gasteiger partial charge >= 0.3 is 12.3 Å². The molecule has 1 aliphatic rings. The smallest absolute Gasteiger partial charge is 0.416 e. The van der Waals surface area contributed by atoms with Crippen molar-refractivity contribution in [1.82, 2.24) is 5.32 Å². The molecule has 1 amide bonds. The number of piperidine rings is 1. The number of benzene rings is 1. The second-order valence-corrected chi connectivity index (χ2v) is 4.95. The Morgan fingerprint density at radius 2 is 2.19 bits per heavy atom. The number of nitrogens with one attached hydrogen (secondary N) is 2. The Kier molecular flexibility index (Phi) is 5.06. The fourth-order valence-electron chi connectivity index (χ4n) is 2.17. The molecule has 1 atom stereocenters. The van der Waals surface area contributed by atoms with Crippen LogP contribution in [-0.2, 0) is 10.9 Å². The average Bonchev–Trinajstić information content (AvgIpc) is 2.46. The van der Waals surface area contributed by atoms with Crippen LogP contribution in [0.2, 0.25) is 0 Å². The molecule has 1 aromatic rings. The summed E-state index contributed by atoms with van der Waals surface area (Å²) in [6.07, 6.45) is -2.07. The van der Waals surface area contributed by atoms with Crippen LogP contribution in [0.1, 0.15) is 24.8 Å². The van der Waals surface area contributed by atoms with E-state index in [2.05, 4.69) is 10.6 Å². The number of hydrogen-bond donors (Lipinski definition) is 2. The number of ether oxygens (including phenoxy) is 1. The second-order valence-electron chi connectivity index (χ2n) is 4.95. The van der Waals surface area contributed by atoms with Crippen LogP contribution >= 0.6 is 0 Å². The fraction of sp³-hybridized carbons (Fsp3) is 0.500. The number of hydrogen-bond acceptors (Lipinski definition) is 3. The Bertz CT molecular complexity index is 485. The van der Waals surface area contributed by atoms with Crippen molar-refractivity contribution in [2.24, 2.45) is 0 Å². The summed E-state index contributed by atoms with van der Waals surface area (Å²) < 4.78 is 42.6. The van der Waals surface area contributed by atoms with Crippen LogP contribution in [0.3, 0.4) is 0 Å². The maximum atomic E-state index is 12.5. The Morgan fingerprint density at radius 3 is 2.86 bits per heavy atom. The van der Waals surface area contributed by atoms with Crippen LogP contribution in [0, 0.1) is 0 Å². The van der Waals surface area contributed by atoms with Crippen molar-refractivity contribution in [3.8, 4) is 0 Å². The molecular formula is C14H17F3N2O2. The number of alkyl halides is 3. The van der Waals surface area contributed by atoms with Gasteiger partial charge in [-0.25, -0.2) is 4.79 Å².